The maximum absolute atomic E-state index is 13.2. The van der Waals surface area contributed by atoms with Crippen molar-refractivity contribution in [1.29, 1.82) is 0 Å². The van der Waals surface area contributed by atoms with Crippen molar-refractivity contribution in [2.75, 3.05) is 13.1 Å². The Bertz CT molecular complexity index is 1200. The van der Waals surface area contributed by atoms with Gasteiger partial charge in [0.1, 0.15) is 5.75 Å². The number of hydrogen-bond donors (Lipinski definition) is 1. The first-order valence-corrected chi connectivity index (χ1v) is 11.4. The van der Waals surface area contributed by atoms with E-state index in [9.17, 15) is 9.90 Å². The lowest BCUT2D eigenvalue weighted by molar-refractivity contribution is -0.00931. The Morgan fingerprint density at radius 3 is 2.56 bits per heavy atom. The number of hydrogen-bond acceptors (Lipinski definition) is 3. The number of aromatic nitrogens is 1. The third-order valence-electron chi connectivity index (χ3n) is 6.69. The summed E-state index contributed by atoms with van der Waals surface area (Å²) >= 11 is 6.23. The average molecular weight is 451 g/mol. The molecule has 166 valence electrons. The van der Waals surface area contributed by atoms with E-state index >= 15 is 0 Å². The Kier molecular flexibility index (Phi) is 4.88. The number of nitrogens with zero attached hydrogens (tertiary/aromatic N) is 2. The summed E-state index contributed by atoms with van der Waals surface area (Å²) in [6.07, 6.45) is 3.46. The third-order valence-corrected chi connectivity index (χ3v) is 6.93. The fraction of sp³-hybridized carbons (Fsp3) is 0.346. The Hall–Kier alpha value is -2.76. The molecule has 2 aliphatic rings. The lowest BCUT2D eigenvalue weighted by atomic mass is 9.86. The molecule has 1 saturated heterocycles. The molecule has 5 rings (SSSR count). The zero-order valence-corrected chi connectivity index (χ0v) is 19.3. The van der Waals surface area contributed by atoms with E-state index in [1.54, 1.807) is 13.8 Å². The summed E-state index contributed by atoms with van der Waals surface area (Å²) in [5.41, 5.74) is 3.09. The maximum atomic E-state index is 13.2. The highest BCUT2D eigenvalue weighted by Gasteiger charge is 2.44. The van der Waals surface area contributed by atoms with Crippen LogP contribution in [0, 0.1) is 6.92 Å². The van der Waals surface area contributed by atoms with Gasteiger partial charge < -0.3 is 19.3 Å². The van der Waals surface area contributed by atoms with Crippen molar-refractivity contribution in [2.45, 2.75) is 44.8 Å². The topological polar surface area (TPSA) is 54.7 Å². The van der Waals surface area contributed by atoms with Crippen LogP contribution in [0.5, 0.6) is 5.75 Å². The maximum Gasteiger partial charge on any atom is 0.253 e. The predicted molar refractivity (Wildman–Crippen MR) is 125 cm³/mol. The monoisotopic (exact) mass is 450 g/mol. The average Bonchev–Trinajstić information content (AvgIpc) is 3.24. The Morgan fingerprint density at radius 2 is 1.88 bits per heavy atom. The second kappa shape index (κ2) is 7.39. The van der Waals surface area contributed by atoms with Gasteiger partial charge in [-0.2, -0.15) is 0 Å². The zero-order valence-electron chi connectivity index (χ0n) is 18.6. The quantitative estimate of drug-likeness (QED) is 0.584. The SMILES string of the molecule is Cc1cc(C(=O)N2CCC3(CC2)Oc2cc(Cl)ccc2-n2cccc23)ccc1C(C)(C)O. The molecule has 3 heterocycles. The van der Waals surface area contributed by atoms with E-state index in [0.717, 1.165) is 28.3 Å². The van der Waals surface area contributed by atoms with Crippen LogP contribution in [0.2, 0.25) is 5.02 Å². The molecule has 2 aliphatic heterocycles. The number of fused-ring (bicyclic) bond motifs is 4. The molecule has 0 unspecified atom stereocenters. The van der Waals surface area contributed by atoms with Gasteiger partial charge >= 0.3 is 0 Å². The van der Waals surface area contributed by atoms with E-state index in [1.165, 1.54) is 0 Å². The summed E-state index contributed by atoms with van der Waals surface area (Å²) in [6, 6.07) is 15.4. The van der Waals surface area contributed by atoms with E-state index in [1.807, 2.05) is 54.3 Å². The molecule has 0 bridgehead atoms. The fourth-order valence-corrected chi connectivity index (χ4v) is 5.25. The van der Waals surface area contributed by atoms with Gasteiger partial charge in [-0.25, -0.2) is 0 Å². The molecule has 1 aromatic heterocycles. The molecule has 1 amide bonds. The van der Waals surface area contributed by atoms with Crippen molar-refractivity contribution in [1.82, 2.24) is 9.47 Å². The van der Waals surface area contributed by atoms with Crippen molar-refractivity contribution in [3.05, 3.63) is 82.1 Å². The van der Waals surface area contributed by atoms with E-state index in [-0.39, 0.29) is 5.91 Å². The lowest BCUT2D eigenvalue weighted by Crippen LogP contribution is -2.50. The van der Waals surface area contributed by atoms with Crippen LogP contribution in [0.1, 0.15) is 53.9 Å². The molecule has 3 aromatic rings. The molecule has 32 heavy (non-hydrogen) atoms. The highest BCUT2D eigenvalue weighted by Crippen LogP contribution is 2.45. The van der Waals surface area contributed by atoms with Crippen LogP contribution in [0.25, 0.3) is 5.69 Å². The summed E-state index contributed by atoms with van der Waals surface area (Å²) in [5, 5.41) is 11.0. The Balaban J connectivity index is 1.38. The summed E-state index contributed by atoms with van der Waals surface area (Å²) in [4.78, 5) is 15.1. The van der Waals surface area contributed by atoms with Gasteiger partial charge in [-0.15, -0.1) is 0 Å². The van der Waals surface area contributed by atoms with Crippen molar-refractivity contribution in [2.24, 2.45) is 0 Å². The minimum absolute atomic E-state index is 0.0138. The van der Waals surface area contributed by atoms with E-state index in [4.69, 9.17) is 16.3 Å². The zero-order chi connectivity index (χ0) is 22.7. The van der Waals surface area contributed by atoms with Gasteiger partial charge in [0.2, 0.25) is 0 Å². The molecular formula is C26H27ClN2O3. The molecule has 2 aromatic carbocycles. The number of aliphatic hydroxyl groups is 1. The van der Waals surface area contributed by atoms with Crippen molar-refractivity contribution in [3.8, 4) is 11.4 Å². The standard InChI is InChI=1S/C26H27ClN2O3/c1-17-15-18(6-8-20(17)25(2,3)31)24(30)28-13-10-26(11-14-28)23-5-4-12-29(23)21-9-7-19(27)16-22(21)32-26/h4-9,12,15-16,31H,10-11,13-14H2,1-3H3. The van der Waals surface area contributed by atoms with Crippen LogP contribution in [0.15, 0.2) is 54.7 Å². The van der Waals surface area contributed by atoms with Gasteiger partial charge in [0.15, 0.2) is 5.60 Å². The largest absolute Gasteiger partial charge is 0.479 e. The number of ether oxygens (including phenoxy) is 1. The number of rotatable bonds is 2. The van der Waals surface area contributed by atoms with Crippen LogP contribution >= 0.6 is 11.6 Å². The molecule has 0 radical (unpaired) electrons. The normalized spacial score (nSPS) is 17.0. The molecule has 0 atom stereocenters. The van der Waals surface area contributed by atoms with Crippen LogP contribution in [-0.4, -0.2) is 33.6 Å². The van der Waals surface area contributed by atoms with Crippen LogP contribution in [-0.2, 0) is 11.2 Å². The predicted octanol–water partition coefficient (Wildman–Crippen LogP) is 5.19. The minimum atomic E-state index is -0.935. The van der Waals surface area contributed by atoms with E-state index in [0.29, 0.717) is 36.5 Å². The number of amides is 1. The first-order valence-electron chi connectivity index (χ1n) is 11.0. The molecule has 1 fully saturated rings. The second-order valence-electron chi connectivity index (χ2n) is 9.35. The van der Waals surface area contributed by atoms with Crippen LogP contribution < -0.4 is 4.74 Å². The molecule has 0 aliphatic carbocycles. The number of halogens is 1. The summed E-state index contributed by atoms with van der Waals surface area (Å²) < 4.78 is 8.73. The Labute approximate surface area is 193 Å². The fourth-order valence-electron chi connectivity index (χ4n) is 5.09. The van der Waals surface area contributed by atoms with Crippen molar-refractivity contribution < 1.29 is 14.6 Å². The first-order chi connectivity index (χ1) is 15.2. The van der Waals surface area contributed by atoms with Gasteiger partial charge in [0.05, 0.1) is 17.0 Å². The number of carbonyl (C=O) groups excluding carboxylic acids is 1. The Morgan fingerprint density at radius 1 is 1.12 bits per heavy atom. The van der Waals surface area contributed by atoms with Gasteiger partial charge in [0.25, 0.3) is 5.91 Å². The molecular weight excluding hydrogens is 424 g/mol. The van der Waals surface area contributed by atoms with Gasteiger partial charge in [-0.1, -0.05) is 17.7 Å². The number of benzene rings is 2. The molecule has 6 heteroatoms. The van der Waals surface area contributed by atoms with Crippen LogP contribution in [0.3, 0.4) is 0 Å². The van der Waals surface area contributed by atoms with Crippen molar-refractivity contribution >= 4 is 17.5 Å². The third kappa shape index (κ3) is 3.40. The van der Waals surface area contributed by atoms with E-state index < -0.39 is 11.2 Å². The number of carbonyl (C=O) groups is 1. The highest BCUT2D eigenvalue weighted by molar-refractivity contribution is 6.30. The van der Waals surface area contributed by atoms with Gasteiger partial charge in [-0.3, -0.25) is 4.79 Å². The van der Waals surface area contributed by atoms with Crippen LogP contribution in [0.4, 0.5) is 0 Å². The summed E-state index contributed by atoms with van der Waals surface area (Å²) in [7, 11) is 0. The first kappa shape index (κ1) is 21.1. The number of aryl methyl sites for hydroxylation is 1. The summed E-state index contributed by atoms with van der Waals surface area (Å²) in [5.74, 6) is 0.790. The molecule has 5 nitrogen and oxygen atoms in total. The molecule has 0 saturated carbocycles. The number of likely N-dealkylation sites (tertiary alicyclic amines) is 1. The summed E-state index contributed by atoms with van der Waals surface area (Å²) in [6.45, 7) is 6.65. The highest BCUT2D eigenvalue weighted by atomic mass is 35.5. The molecule has 1 spiro atoms. The number of piperidine rings is 1. The van der Waals surface area contributed by atoms with Crippen molar-refractivity contribution in [3.63, 3.8) is 0 Å². The van der Waals surface area contributed by atoms with E-state index in [2.05, 4.69) is 16.8 Å². The smallest absolute Gasteiger partial charge is 0.253 e. The molecule has 1 N–H and O–H groups in total. The minimum Gasteiger partial charge on any atom is -0.479 e. The lowest BCUT2D eigenvalue weighted by Gasteiger charge is -2.45. The second-order valence-corrected chi connectivity index (χ2v) is 9.79. The van der Waals surface area contributed by atoms with Gasteiger partial charge in [-0.05, 0) is 68.3 Å². The van der Waals surface area contributed by atoms with Gasteiger partial charge in [0, 0.05) is 48.8 Å².